The molecule has 2 heterocycles. The molecule has 0 saturated carbocycles. The molecule has 1 aromatic heterocycles. The van der Waals surface area contributed by atoms with Crippen molar-refractivity contribution in [3.63, 3.8) is 0 Å². The van der Waals surface area contributed by atoms with Gasteiger partial charge in [0, 0.05) is 25.1 Å². The summed E-state index contributed by atoms with van der Waals surface area (Å²) in [6.45, 7) is 8.67. The van der Waals surface area contributed by atoms with E-state index in [1.165, 1.54) is 25.7 Å². The molecule has 2 rings (SSSR count). The van der Waals surface area contributed by atoms with Crippen LogP contribution in [0.5, 0.6) is 0 Å². The van der Waals surface area contributed by atoms with Gasteiger partial charge in [0.1, 0.15) is 16.8 Å². The minimum Gasteiger partial charge on any atom is -0.356 e. The van der Waals surface area contributed by atoms with Gasteiger partial charge < -0.3 is 4.90 Å². The summed E-state index contributed by atoms with van der Waals surface area (Å²) in [7, 11) is 0. The lowest BCUT2D eigenvalue weighted by molar-refractivity contribution is 0.459. The molecule has 1 aliphatic heterocycles. The van der Waals surface area contributed by atoms with Crippen LogP contribution in [0.3, 0.4) is 0 Å². The van der Waals surface area contributed by atoms with E-state index in [1.54, 1.807) is 0 Å². The Kier molecular flexibility index (Phi) is 5.64. The lowest BCUT2D eigenvalue weighted by Crippen LogP contribution is -2.27. The number of hydrogen-bond acceptors (Lipinski definition) is 3. The molecule has 0 aromatic carbocycles. The Hall–Kier alpha value is -0.830. The fraction of sp³-hybridized carbons (Fsp3) is 0.750. The molecule has 1 aromatic rings. The average Bonchev–Trinajstić information content (AvgIpc) is 2.68. The average molecular weight is 296 g/mol. The molecule has 20 heavy (non-hydrogen) atoms. The number of anilines is 1. The predicted octanol–water partition coefficient (Wildman–Crippen LogP) is 4.41. The topological polar surface area (TPSA) is 29.0 Å². The van der Waals surface area contributed by atoms with Gasteiger partial charge in [-0.3, -0.25) is 0 Å². The Labute approximate surface area is 127 Å². The molecule has 1 atom stereocenters. The highest BCUT2D eigenvalue weighted by atomic mass is 35.5. The van der Waals surface area contributed by atoms with Gasteiger partial charge in [0.2, 0.25) is 0 Å². The Bertz CT molecular complexity index is 448. The molecule has 1 aliphatic rings. The number of aryl methyl sites for hydroxylation is 1. The highest BCUT2D eigenvalue weighted by Gasteiger charge is 2.20. The van der Waals surface area contributed by atoms with E-state index >= 15 is 0 Å². The van der Waals surface area contributed by atoms with Crippen LogP contribution in [0.1, 0.15) is 57.3 Å². The van der Waals surface area contributed by atoms with Crippen LogP contribution in [0, 0.1) is 12.8 Å². The Balaban J connectivity index is 2.22. The van der Waals surface area contributed by atoms with Gasteiger partial charge in [-0.15, -0.1) is 0 Å². The monoisotopic (exact) mass is 295 g/mol. The molecule has 0 aliphatic carbocycles. The maximum atomic E-state index is 6.29. The van der Waals surface area contributed by atoms with E-state index in [1.807, 2.05) is 6.92 Å². The van der Waals surface area contributed by atoms with Gasteiger partial charge in [0.05, 0.1) is 0 Å². The third-order valence-corrected chi connectivity index (χ3v) is 4.67. The third-order valence-electron chi connectivity index (χ3n) is 4.31. The standard InChI is InChI=1S/C16H26ClN3/c1-4-7-14-18-15(17)12(3)16(19-14)20-10-6-8-13(5-2)9-11-20/h13H,4-11H2,1-3H3. The minimum absolute atomic E-state index is 0.620. The van der Waals surface area contributed by atoms with Crippen LogP contribution >= 0.6 is 11.6 Å². The van der Waals surface area contributed by atoms with Crippen LogP contribution in [-0.2, 0) is 6.42 Å². The van der Waals surface area contributed by atoms with Crippen molar-refractivity contribution in [2.24, 2.45) is 5.92 Å². The Morgan fingerprint density at radius 1 is 1.20 bits per heavy atom. The molecule has 1 unspecified atom stereocenters. The van der Waals surface area contributed by atoms with E-state index < -0.39 is 0 Å². The smallest absolute Gasteiger partial charge is 0.137 e. The van der Waals surface area contributed by atoms with Gasteiger partial charge in [-0.05, 0) is 38.5 Å². The van der Waals surface area contributed by atoms with Crippen molar-refractivity contribution in [1.29, 1.82) is 0 Å². The van der Waals surface area contributed by atoms with Crippen molar-refractivity contribution < 1.29 is 0 Å². The second kappa shape index (κ2) is 7.26. The molecule has 0 radical (unpaired) electrons. The number of hydrogen-bond donors (Lipinski definition) is 0. The lowest BCUT2D eigenvalue weighted by Gasteiger charge is -2.24. The fourth-order valence-corrected chi connectivity index (χ4v) is 3.13. The van der Waals surface area contributed by atoms with Crippen LogP contribution in [0.2, 0.25) is 5.15 Å². The summed E-state index contributed by atoms with van der Waals surface area (Å²) < 4.78 is 0. The summed E-state index contributed by atoms with van der Waals surface area (Å²) in [4.78, 5) is 11.6. The second-order valence-electron chi connectivity index (χ2n) is 5.82. The molecule has 1 saturated heterocycles. The number of halogens is 1. The SMILES string of the molecule is CCCc1nc(Cl)c(C)c(N2CCCC(CC)CC2)n1. The van der Waals surface area contributed by atoms with E-state index in [0.717, 1.165) is 49.1 Å². The number of aromatic nitrogens is 2. The summed E-state index contributed by atoms with van der Waals surface area (Å²) in [6.07, 6.45) is 7.10. The highest BCUT2D eigenvalue weighted by Crippen LogP contribution is 2.28. The van der Waals surface area contributed by atoms with Gasteiger partial charge >= 0.3 is 0 Å². The van der Waals surface area contributed by atoms with Crippen LogP contribution in [0.4, 0.5) is 5.82 Å². The van der Waals surface area contributed by atoms with Gasteiger partial charge in [-0.2, -0.15) is 0 Å². The summed E-state index contributed by atoms with van der Waals surface area (Å²) >= 11 is 6.29. The summed E-state index contributed by atoms with van der Waals surface area (Å²) in [5, 5.41) is 0.620. The summed E-state index contributed by atoms with van der Waals surface area (Å²) in [5.41, 5.74) is 1.03. The molecular weight excluding hydrogens is 270 g/mol. The molecule has 0 bridgehead atoms. The van der Waals surface area contributed by atoms with Gasteiger partial charge in [0.15, 0.2) is 0 Å². The van der Waals surface area contributed by atoms with E-state index in [2.05, 4.69) is 23.7 Å². The van der Waals surface area contributed by atoms with Crippen LogP contribution in [0.15, 0.2) is 0 Å². The summed E-state index contributed by atoms with van der Waals surface area (Å²) in [6, 6.07) is 0. The molecule has 3 nitrogen and oxygen atoms in total. The van der Waals surface area contributed by atoms with Crippen molar-refractivity contribution >= 4 is 17.4 Å². The molecular formula is C16H26ClN3. The molecule has 4 heteroatoms. The first-order valence-corrected chi connectivity index (χ1v) is 8.31. The second-order valence-corrected chi connectivity index (χ2v) is 6.18. The van der Waals surface area contributed by atoms with Gasteiger partial charge in [-0.25, -0.2) is 9.97 Å². The van der Waals surface area contributed by atoms with E-state index in [-0.39, 0.29) is 0 Å². The zero-order valence-corrected chi connectivity index (χ0v) is 13.7. The molecule has 1 fully saturated rings. The van der Waals surface area contributed by atoms with Crippen molar-refractivity contribution in [2.75, 3.05) is 18.0 Å². The van der Waals surface area contributed by atoms with E-state index in [4.69, 9.17) is 16.6 Å². The Morgan fingerprint density at radius 3 is 2.70 bits per heavy atom. The predicted molar refractivity (Wildman–Crippen MR) is 85.6 cm³/mol. The van der Waals surface area contributed by atoms with Crippen molar-refractivity contribution in [3.8, 4) is 0 Å². The van der Waals surface area contributed by atoms with Crippen molar-refractivity contribution in [2.45, 2.75) is 59.3 Å². The molecule has 0 spiro atoms. The third kappa shape index (κ3) is 3.63. The normalized spacial score (nSPS) is 20.0. The minimum atomic E-state index is 0.620. The highest BCUT2D eigenvalue weighted by molar-refractivity contribution is 6.30. The maximum Gasteiger partial charge on any atom is 0.137 e. The van der Waals surface area contributed by atoms with Crippen molar-refractivity contribution in [1.82, 2.24) is 9.97 Å². The molecule has 0 N–H and O–H groups in total. The first-order chi connectivity index (χ1) is 9.65. The fourth-order valence-electron chi connectivity index (χ4n) is 2.95. The van der Waals surface area contributed by atoms with Crippen LogP contribution < -0.4 is 4.90 Å². The van der Waals surface area contributed by atoms with Crippen LogP contribution in [0.25, 0.3) is 0 Å². The van der Waals surface area contributed by atoms with Gasteiger partial charge in [0.25, 0.3) is 0 Å². The largest absolute Gasteiger partial charge is 0.356 e. The maximum absolute atomic E-state index is 6.29. The zero-order chi connectivity index (χ0) is 14.5. The van der Waals surface area contributed by atoms with Crippen LogP contribution in [-0.4, -0.2) is 23.1 Å². The zero-order valence-electron chi connectivity index (χ0n) is 13.0. The summed E-state index contributed by atoms with van der Waals surface area (Å²) in [5.74, 6) is 2.81. The first kappa shape index (κ1) is 15.6. The number of rotatable bonds is 4. The molecule has 112 valence electrons. The van der Waals surface area contributed by atoms with Crippen molar-refractivity contribution in [3.05, 3.63) is 16.5 Å². The van der Waals surface area contributed by atoms with Gasteiger partial charge in [-0.1, -0.05) is 31.9 Å². The van der Waals surface area contributed by atoms with E-state index in [9.17, 15) is 0 Å². The Morgan fingerprint density at radius 2 is 2.00 bits per heavy atom. The molecule has 0 amide bonds. The number of nitrogens with zero attached hydrogens (tertiary/aromatic N) is 3. The van der Waals surface area contributed by atoms with E-state index in [0.29, 0.717) is 5.15 Å². The first-order valence-electron chi connectivity index (χ1n) is 7.93. The lowest BCUT2D eigenvalue weighted by atomic mass is 9.98. The quantitative estimate of drug-likeness (QED) is 0.771.